The molecule has 1 aromatic carbocycles. The van der Waals surface area contributed by atoms with Gasteiger partial charge in [-0.3, -0.25) is 4.79 Å². The summed E-state index contributed by atoms with van der Waals surface area (Å²) in [6.45, 7) is 1.21. The molecule has 2 unspecified atom stereocenters. The molecule has 112 valence electrons. The molecule has 0 aromatic heterocycles. The first-order valence-corrected chi connectivity index (χ1v) is 7.21. The van der Waals surface area contributed by atoms with Crippen molar-refractivity contribution in [1.29, 1.82) is 0 Å². The fraction of sp³-hybridized carbons (Fsp3) is 0.467. The lowest BCUT2D eigenvalue weighted by Crippen LogP contribution is -2.51. The number of benzene rings is 1. The average Bonchev–Trinajstić information content (AvgIpc) is 3.02. The van der Waals surface area contributed by atoms with Crippen molar-refractivity contribution in [2.75, 3.05) is 13.2 Å². The Labute approximate surface area is 123 Å². The Morgan fingerprint density at radius 3 is 3.00 bits per heavy atom. The zero-order valence-electron chi connectivity index (χ0n) is 11.7. The molecule has 0 spiro atoms. The Kier molecular flexibility index (Phi) is 3.79. The van der Waals surface area contributed by atoms with Gasteiger partial charge in [0.05, 0.1) is 18.8 Å². The molecule has 0 radical (unpaired) electrons. The minimum absolute atomic E-state index is 0.00497. The number of amidine groups is 1. The van der Waals surface area contributed by atoms with Crippen molar-refractivity contribution >= 4 is 11.7 Å². The topological polar surface area (TPSA) is 88.2 Å². The van der Waals surface area contributed by atoms with Gasteiger partial charge in [0.1, 0.15) is 0 Å². The van der Waals surface area contributed by atoms with Crippen LogP contribution in [-0.4, -0.2) is 47.1 Å². The van der Waals surface area contributed by atoms with E-state index in [1.54, 1.807) is 24.3 Å². The lowest BCUT2D eigenvalue weighted by molar-refractivity contribution is -0.0445. The molecular formula is C15H19N3O3. The van der Waals surface area contributed by atoms with E-state index < -0.39 is 0 Å². The van der Waals surface area contributed by atoms with E-state index in [9.17, 15) is 4.79 Å². The van der Waals surface area contributed by atoms with E-state index in [2.05, 4.69) is 5.16 Å². The molecule has 1 heterocycles. The van der Waals surface area contributed by atoms with Gasteiger partial charge in [0, 0.05) is 17.7 Å². The second kappa shape index (κ2) is 5.73. The largest absolute Gasteiger partial charge is 0.409 e. The maximum absolute atomic E-state index is 12.7. The highest BCUT2D eigenvalue weighted by atomic mass is 16.5. The summed E-state index contributed by atoms with van der Waals surface area (Å²) in [4.78, 5) is 14.6. The van der Waals surface area contributed by atoms with Crippen LogP contribution in [0.2, 0.25) is 0 Å². The summed E-state index contributed by atoms with van der Waals surface area (Å²) < 4.78 is 5.73. The second-order valence-corrected chi connectivity index (χ2v) is 5.47. The SMILES string of the molecule is NC(=NO)c1cccc(C(=O)N2CCOC3CCCC32)c1. The zero-order chi connectivity index (χ0) is 14.8. The third kappa shape index (κ3) is 2.58. The third-order valence-electron chi connectivity index (χ3n) is 4.26. The molecule has 21 heavy (non-hydrogen) atoms. The minimum Gasteiger partial charge on any atom is -0.409 e. The van der Waals surface area contributed by atoms with Gasteiger partial charge < -0.3 is 20.6 Å². The van der Waals surface area contributed by atoms with Crippen LogP contribution in [-0.2, 0) is 4.74 Å². The molecule has 0 bridgehead atoms. The van der Waals surface area contributed by atoms with Gasteiger partial charge in [0.25, 0.3) is 5.91 Å². The van der Waals surface area contributed by atoms with Crippen molar-refractivity contribution in [3.63, 3.8) is 0 Å². The van der Waals surface area contributed by atoms with Crippen molar-refractivity contribution in [2.24, 2.45) is 10.9 Å². The number of oxime groups is 1. The van der Waals surface area contributed by atoms with Crippen LogP contribution in [0.1, 0.15) is 35.2 Å². The van der Waals surface area contributed by atoms with Crippen LogP contribution in [0.5, 0.6) is 0 Å². The number of fused-ring (bicyclic) bond motifs is 1. The van der Waals surface area contributed by atoms with Crippen LogP contribution in [0.25, 0.3) is 0 Å². The Bertz CT molecular complexity index is 573. The van der Waals surface area contributed by atoms with Crippen molar-refractivity contribution in [2.45, 2.75) is 31.4 Å². The van der Waals surface area contributed by atoms with Crippen LogP contribution >= 0.6 is 0 Å². The highest BCUT2D eigenvalue weighted by molar-refractivity contribution is 6.01. The molecule has 1 saturated carbocycles. The fourth-order valence-electron chi connectivity index (χ4n) is 3.21. The van der Waals surface area contributed by atoms with Crippen LogP contribution in [0.4, 0.5) is 0 Å². The number of carbonyl (C=O) groups is 1. The van der Waals surface area contributed by atoms with E-state index in [1.807, 2.05) is 4.90 Å². The quantitative estimate of drug-likeness (QED) is 0.370. The lowest BCUT2D eigenvalue weighted by Gasteiger charge is -2.37. The van der Waals surface area contributed by atoms with E-state index in [0.29, 0.717) is 24.3 Å². The highest BCUT2D eigenvalue weighted by Crippen LogP contribution is 2.30. The van der Waals surface area contributed by atoms with Gasteiger partial charge in [-0.05, 0) is 31.4 Å². The highest BCUT2D eigenvalue weighted by Gasteiger charge is 2.38. The van der Waals surface area contributed by atoms with Crippen LogP contribution < -0.4 is 5.73 Å². The van der Waals surface area contributed by atoms with Crippen LogP contribution in [0.15, 0.2) is 29.4 Å². The molecule has 3 N–H and O–H groups in total. The number of ether oxygens (including phenoxy) is 1. The summed E-state index contributed by atoms with van der Waals surface area (Å²) in [5.74, 6) is -0.00633. The Hall–Kier alpha value is -2.08. The van der Waals surface area contributed by atoms with E-state index in [0.717, 1.165) is 19.3 Å². The summed E-state index contributed by atoms with van der Waals surface area (Å²) in [5, 5.41) is 11.7. The third-order valence-corrected chi connectivity index (χ3v) is 4.26. The summed E-state index contributed by atoms with van der Waals surface area (Å²) in [5.41, 5.74) is 6.69. The first kappa shape index (κ1) is 13.9. The Morgan fingerprint density at radius 2 is 2.19 bits per heavy atom. The molecular weight excluding hydrogens is 270 g/mol. The van der Waals surface area contributed by atoms with Crippen molar-refractivity contribution in [3.8, 4) is 0 Å². The van der Waals surface area contributed by atoms with Gasteiger partial charge in [-0.25, -0.2) is 0 Å². The summed E-state index contributed by atoms with van der Waals surface area (Å²) >= 11 is 0. The van der Waals surface area contributed by atoms with Gasteiger partial charge in [0.15, 0.2) is 5.84 Å². The summed E-state index contributed by atoms with van der Waals surface area (Å²) in [6, 6.07) is 7.06. The van der Waals surface area contributed by atoms with Gasteiger partial charge in [-0.1, -0.05) is 17.3 Å². The molecule has 1 aliphatic carbocycles. The van der Waals surface area contributed by atoms with Crippen LogP contribution in [0.3, 0.4) is 0 Å². The van der Waals surface area contributed by atoms with Crippen molar-refractivity contribution in [3.05, 3.63) is 35.4 Å². The zero-order valence-corrected chi connectivity index (χ0v) is 11.7. The van der Waals surface area contributed by atoms with Gasteiger partial charge >= 0.3 is 0 Å². The number of carbonyl (C=O) groups excluding carboxylic acids is 1. The van der Waals surface area contributed by atoms with E-state index in [-0.39, 0.29) is 23.9 Å². The maximum Gasteiger partial charge on any atom is 0.254 e. The Morgan fingerprint density at radius 1 is 1.38 bits per heavy atom. The van der Waals surface area contributed by atoms with Gasteiger partial charge in [-0.15, -0.1) is 0 Å². The predicted octanol–water partition coefficient (Wildman–Crippen LogP) is 1.17. The first-order valence-electron chi connectivity index (χ1n) is 7.21. The summed E-state index contributed by atoms with van der Waals surface area (Å²) in [6.07, 6.45) is 3.30. The molecule has 3 rings (SSSR count). The molecule has 6 nitrogen and oxygen atoms in total. The van der Waals surface area contributed by atoms with Gasteiger partial charge in [-0.2, -0.15) is 0 Å². The second-order valence-electron chi connectivity index (χ2n) is 5.47. The first-order chi connectivity index (χ1) is 10.2. The average molecular weight is 289 g/mol. The Balaban J connectivity index is 1.84. The lowest BCUT2D eigenvalue weighted by atomic mass is 10.1. The standard InChI is InChI=1S/C15H19N3O3/c16-14(17-20)10-3-1-4-11(9-10)15(19)18-7-8-21-13-6-2-5-12(13)18/h1,3-4,9,12-13,20H,2,5-8H2,(H2,16,17). The molecule has 1 amide bonds. The van der Waals surface area contributed by atoms with E-state index >= 15 is 0 Å². The minimum atomic E-state index is -0.0113. The number of rotatable bonds is 2. The monoisotopic (exact) mass is 289 g/mol. The van der Waals surface area contributed by atoms with Crippen LogP contribution in [0, 0.1) is 0 Å². The smallest absolute Gasteiger partial charge is 0.254 e. The van der Waals surface area contributed by atoms with Crippen molar-refractivity contribution in [1.82, 2.24) is 4.90 Å². The molecule has 1 aromatic rings. The molecule has 2 fully saturated rings. The number of hydrogen-bond donors (Lipinski definition) is 2. The van der Waals surface area contributed by atoms with Crippen molar-refractivity contribution < 1.29 is 14.7 Å². The number of morpholine rings is 1. The number of hydrogen-bond acceptors (Lipinski definition) is 4. The summed E-state index contributed by atoms with van der Waals surface area (Å²) in [7, 11) is 0. The number of amides is 1. The maximum atomic E-state index is 12.7. The molecule has 2 aliphatic rings. The molecule has 1 aliphatic heterocycles. The molecule has 6 heteroatoms. The normalized spacial score (nSPS) is 25.7. The predicted molar refractivity (Wildman–Crippen MR) is 77.4 cm³/mol. The molecule has 1 saturated heterocycles. The molecule has 2 atom stereocenters. The van der Waals surface area contributed by atoms with E-state index in [1.165, 1.54) is 0 Å². The number of nitrogens with zero attached hydrogens (tertiary/aromatic N) is 2. The van der Waals surface area contributed by atoms with E-state index in [4.69, 9.17) is 15.7 Å². The van der Waals surface area contributed by atoms with Gasteiger partial charge in [0.2, 0.25) is 0 Å². The fourth-order valence-corrected chi connectivity index (χ4v) is 3.21. The number of nitrogens with two attached hydrogens (primary N) is 1.